The van der Waals surface area contributed by atoms with Crippen LogP contribution in [-0.4, -0.2) is 21.3 Å². The first-order chi connectivity index (χ1) is 9.67. The monoisotopic (exact) mass is 272 g/mol. The number of ether oxygens (including phenoxy) is 3. The standard InChI is InChI=1S/C17H20O3/c1-13-10-11-15(18-2)12-16(13)17(19-3,20-4)14-8-6-5-7-9-14/h5-12H,1-4H3. The molecule has 0 spiro atoms. The maximum absolute atomic E-state index is 5.76. The summed E-state index contributed by atoms with van der Waals surface area (Å²) in [7, 11) is 4.95. The van der Waals surface area contributed by atoms with Gasteiger partial charge in [0.25, 0.3) is 0 Å². The molecular formula is C17H20O3. The fraction of sp³-hybridized carbons (Fsp3) is 0.294. The van der Waals surface area contributed by atoms with Crippen LogP contribution >= 0.6 is 0 Å². The highest BCUT2D eigenvalue weighted by Gasteiger charge is 2.36. The third-order valence-corrected chi connectivity index (χ3v) is 3.53. The Labute approximate surface area is 120 Å². The van der Waals surface area contributed by atoms with E-state index in [9.17, 15) is 0 Å². The van der Waals surface area contributed by atoms with Gasteiger partial charge in [-0.15, -0.1) is 0 Å². The van der Waals surface area contributed by atoms with Gasteiger partial charge in [-0.05, 0) is 24.6 Å². The van der Waals surface area contributed by atoms with Crippen LogP contribution in [-0.2, 0) is 15.3 Å². The number of methoxy groups -OCH3 is 3. The summed E-state index contributed by atoms with van der Waals surface area (Å²) in [5.41, 5.74) is 2.97. The van der Waals surface area contributed by atoms with Crippen LogP contribution in [0.25, 0.3) is 0 Å². The van der Waals surface area contributed by atoms with Crippen molar-refractivity contribution in [3.05, 3.63) is 65.2 Å². The van der Waals surface area contributed by atoms with Crippen LogP contribution in [0.15, 0.2) is 48.5 Å². The van der Waals surface area contributed by atoms with E-state index in [2.05, 4.69) is 0 Å². The van der Waals surface area contributed by atoms with Crippen molar-refractivity contribution >= 4 is 0 Å². The Kier molecular flexibility index (Phi) is 4.42. The highest BCUT2D eigenvalue weighted by Crippen LogP contribution is 2.37. The van der Waals surface area contributed by atoms with Gasteiger partial charge in [0.2, 0.25) is 5.79 Å². The van der Waals surface area contributed by atoms with Gasteiger partial charge < -0.3 is 14.2 Å². The first-order valence-electron chi connectivity index (χ1n) is 6.49. The second-order valence-electron chi connectivity index (χ2n) is 4.57. The molecule has 0 radical (unpaired) electrons. The van der Waals surface area contributed by atoms with Gasteiger partial charge in [0, 0.05) is 25.3 Å². The molecule has 20 heavy (non-hydrogen) atoms. The normalized spacial score (nSPS) is 11.4. The minimum atomic E-state index is -0.931. The Balaban J connectivity index is 2.65. The molecule has 0 aliphatic rings. The van der Waals surface area contributed by atoms with Crippen LogP contribution in [0.1, 0.15) is 16.7 Å². The van der Waals surface area contributed by atoms with Gasteiger partial charge >= 0.3 is 0 Å². The zero-order valence-electron chi connectivity index (χ0n) is 12.3. The SMILES string of the molecule is COc1ccc(C)c(C(OC)(OC)c2ccccc2)c1. The predicted molar refractivity (Wildman–Crippen MR) is 79.0 cm³/mol. The molecule has 2 aromatic carbocycles. The van der Waals surface area contributed by atoms with Crippen molar-refractivity contribution in [2.24, 2.45) is 0 Å². The van der Waals surface area contributed by atoms with Gasteiger partial charge in [-0.3, -0.25) is 0 Å². The van der Waals surface area contributed by atoms with E-state index in [1.54, 1.807) is 21.3 Å². The summed E-state index contributed by atoms with van der Waals surface area (Å²) in [6, 6.07) is 15.8. The van der Waals surface area contributed by atoms with Gasteiger partial charge in [-0.2, -0.15) is 0 Å². The fourth-order valence-electron chi connectivity index (χ4n) is 2.43. The lowest BCUT2D eigenvalue weighted by Crippen LogP contribution is -2.33. The van der Waals surface area contributed by atoms with Crippen LogP contribution < -0.4 is 4.74 Å². The molecule has 0 saturated heterocycles. The molecule has 3 nitrogen and oxygen atoms in total. The topological polar surface area (TPSA) is 27.7 Å². The van der Waals surface area contributed by atoms with E-state index in [-0.39, 0.29) is 0 Å². The molecular weight excluding hydrogens is 252 g/mol. The molecule has 2 aromatic rings. The Morgan fingerprint density at radius 2 is 1.50 bits per heavy atom. The zero-order chi connectivity index (χ0) is 14.6. The maximum atomic E-state index is 5.76. The van der Waals surface area contributed by atoms with Gasteiger partial charge in [0.1, 0.15) is 5.75 Å². The second kappa shape index (κ2) is 6.07. The molecule has 106 valence electrons. The highest BCUT2D eigenvalue weighted by atomic mass is 16.7. The molecule has 0 aliphatic heterocycles. The molecule has 0 fully saturated rings. The van der Waals surface area contributed by atoms with Crippen molar-refractivity contribution < 1.29 is 14.2 Å². The number of hydrogen-bond donors (Lipinski definition) is 0. The highest BCUT2D eigenvalue weighted by molar-refractivity contribution is 5.43. The summed E-state index contributed by atoms with van der Waals surface area (Å²) in [6.07, 6.45) is 0. The summed E-state index contributed by atoms with van der Waals surface area (Å²) in [5.74, 6) is -0.153. The van der Waals surface area contributed by atoms with Gasteiger partial charge in [0.15, 0.2) is 0 Å². The van der Waals surface area contributed by atoms with Crippen LogP contribution in [0.2, 0.25) is 0 Å². The maximum Gasteiger partial charge on any atom is 0.222 e. The van der Waals surface area contributed by atoms with Crippen molar-refractivity contribution in [1.29, 1.82) is 0 Å². The van der Waals surface area contributed by atoms with E-state index < -0.39 is 5.79 Å². The zero-order valence-corrected chi connectivity index (χ0v) is 12.3. The molecule has 0 aliphatic carbocycles. The summed E-state index contributed by atoms with van der Waals surface area (Å²) < 4.78 is 16.8. The lowest BCUT2D eigenvalue weighted by atomic mass is 9.93. The average Bonchev–Trinajstić information content (AvgIpc) is 2.52. The van der Waals surface area contributed by atoms with E-state index in [4.69, 9.17) is 14.2 Å². The van der Waals surface area contributed by atoms with Gasteiger partial charge in [0.05, 0.1) is 7.11 Å². The minimum absolute atomic E-state index is 0.778. The van der Waals surface area contributed by atoms with Crippen LogP contribution in [0, 0.1) is 6.92 Å². The summed E-state index contributed by atoms with van der Waals surface area (Å²) in [6.45, 7) is 2.03. The van der Waals surface area contributed by atoms with Crippen molar-refractivity contribution in [3.63, 3.8) is 0 Å². The summed E-state index contributed by atoms with van der Waals surface area (Å²) in [5, 5.41) is 0. The predicted octanol–water partition coefficient (Wildman–Crippen LogP) is 3.50. The molecule has 0 unspecified atom stereocenters. The van der Waals surface area contributed by atoms with Crippen LogP contribution in [0.3, 0.4) is 0 Å². The fourth-order valence-corrected chi connectivity index (χ4v) is 2.43. The van der Waals surface area contributed by atoms with Crippen LogP contribution in [0.5, 0.6) is 5.75 Å². The molecule has 0 N–H and O–H groups in total. The number of rotatable bonds is 5. The van der Waals surface area contributed by atoms with E-state index in [0.717, 1.165) is 22.4 Å². The smallest absolute Gasteiger partial charge is 0.222 e. The van der Waals surface area contributed by atoms with Gasteiger partial charge in [-0.1, -0.05) is 36.4 Å². The molecule has 0 aromatic heterocycles. The average molecular weight is 272 g/mol. The minimum Gasteiger partial charge on any atom is -0.497 e. The van der Waals surface area contributed by atoms with E-state index in [1.165, 1.54) is 0 Å². The lowest BCUT2D eigenvalue weighted by Gasteiger charge is -2.33. The quantitative estimate of drug-likeness (QED) is 0.780. The molecule has 0 saturated carbocycles. The Bertz CT molecular complexity index is 560. The Morgan fingerprint density at radius 1 is 0.850 bits per heavy atom. The molecule has 0 heterocycles. The molecule has 0 amide bonds. The Morgan fingerprint density at radius 3 is 2.05 bits per heavy atom. The van der Waals surface area contributed by atoms with Crippen LogP contribution in [0.4, 0.5) is 0 Å². The number of benzene rings is 2. The van der Waals surface area contributed by atoms with E-state index >= 15 is 0 Å². The molecule has 0 atom stereocenters. The van der Waals surface area contributed by atoms with Crippen molar-refractivity contribution in [2.45, 2.75) is 12.7 Å². The summed E-state index contributed by atoms with van der Waals surface area (Å²) >= 11 is 0. The Hall–Kier alpha value is -1.84. The number of hydrogen-bond acceptors (Lipinski definition) is 3. The molecule has 0 bridgehead atoms. The van der Waals surface area contributed by atoms with Crippen molar-refractivity contribution in [2.75, 3.05) is 21.3 Å². The largest absolute Gasteiger partial charge is 0.497 e. The summed E-state index contributed by atoms with van der Waals surface area (Å²) in [4.78, 5) is 0. The van der Waals surface area contributed by atoms with Crippen molar-refractivity contribution in [1.82, 2.24) is 0 Å². The molecule has 2 rings (SSSR count). The second-order valence-corrected chi connectivity index (χ2v) is 4.57. The number of aryl methyl sites for hydroxylation is 1. The lowest BCUT2D eigenvalue weighted by molar-refractivity contribution is -0.184. The first kappa shape index (κ1) is 14.6. The van der Waals surface area contributed by atoms with E-state index in [0.29, 0.717) is 0 Å². The third kappa shape index (κ3) is 2.42. The van der Waals surface area contributed by atoms with Gasteiger partial charge in [-0.25, -0.2) is 0 Å². The first-order valence-corrected chi connectivity index (χ1v) is 6.49. The van der Waals surface area contributed by atoms with Crippen molar-refractivity contribution in [3.8, 4) is 5.75 Å². The van der Waals surface area contributed by atoms with E-state index in [1.807, 2.05) is 55.5 Å². The third-order valence-electron chi connectivity index (χ3n) is 3.53. The molecule has 3 heteroatoms.